The van der Waals surface area contributed by atoms with Crippen molar-refractivity contribution in [3.63, 3.8) is 0 Å². The molecule has 0 aromatic heterocycles. The van der Waals surface area contributed by atoms with Gasteiger partial charge in [-0.05, 0) is 42.5 Å². The van der Waals surface area contributed by atoms with Crippen LogP contribution < -0.4 is 5.32 Å². The summed E-state index contributed by atoms with van der Waals surface area (Å²) >= 11 is 0. The smallest absolute Gasteiger partial charge is 0.222 e. The zero-order chi connectivity index (χ0) is 23.0. The molecule has 0 radical (unpaired) electrons. The molecule has 0 bridgehead atoms. The number of aliphatic hydroxyl groups is 1. The van der Waals surface area contributed by atoms with Crippen LogP contribution in [0, 0.1) is 5.82 Å². The van der Waals surface area contributed by atoms with Gasteiger partial charge in [0.2, 0.25) is 5.91 Å². The molecule has 2 saturated heterocycles. The summed E-state index contributed by atoms with van der Waals surface area (Å²) in [5.41, 5.74) is 2.19. The molecule has 33 heavy (non-hydrogen) atoms. The van der Waals surface area contributed by atoms with Crippen LogP contribution in [0.2, 0.25) is 0 Å². The Labute approximate surface area is 194 Å². The van der Waals surface area contributed by atoms with Crippen molar-refractivity contribution in [2.45, 2.75) is 56.6 Å². The van der Waals surface area contributed by atoms with Gasteiger partial charge >= 0.3 is 0 Å². The normalized spacial score (nSPS) is 26.1. The molecule has 2 aromatic rings. The number of ether oxygens (including phenoxy) is 2. The standard InChI is InChI=1S/C26H33FN2O4/c27-21-8-6-20(7-9-21)15-29-16-22(30)17-32-18-25-24(29)11-10-23(33-25)14-26(31)28-13-12-19-4-2-1-3-5-19/h1-9,22-25,30H,10-18H2,(H,28,31)/t22-,23-,24+,25-/m0/s1. The first-order valence-electron chi connectivity index (χ1n) is 11.8. The van der Waals surface area contributed by atoms with E-state index >= 15 is 0 Å². The molecule has 1 amide bonds. The number of β-amino-alcohol motifs (C(OH)–C–C–N with tert-alkyl or cyclic N) is 1. The summed E-state index contributed by atoms with van der Waals surface area (Å²) in [7, 11) is 0. The van der Waals surface area contributed by atoms with E-state index in [2.05, 4.69) is 22.3 Å². The van der Waals surface area contributed by atoms with Crippen molar-refractivity contribution in [2.24, 2.45) is 0 Å². The number of fused-ring (bicyclic) bond motifs is 1. The fourth-order valence-electron chi connectivity index (χ4n) is 4.72. The molecule has 2 aromatic carbocycles. The van der Waals surface area contributed by atoms with E-state index in [1.807, 2.05) is 18.2 Å². The molecule has 178 valence electrons. The molecule has 2 aliphatic rings. The second-order valence-electron chi connectivity index (χ2n) is 8.98. The first-order valence-corrected chi connectivity index (χ1v) is 11.8. The number of hydrogen-bond donors (Lipinski definition) is 2. The Bertz CT molecular complexity index is 880. The van der Waals surface area contributed by atoms with Gasteiger partial charge in [0.15, 0.2) is 0 Å². The van der Waals surface area contributed by atoms with Crippen molar-refractivity contribution in [1.82, 2.24) is 10.2 Å². The number of hydrogen-bond acceptors (Lipinski definition) is 5. The highest BCUT2D eigenvalue weighted by molar-refractivity contribution is 5.76. The number of carbonyl (C=O) groups is 1. The van der Waals surface area contributed by atoms with Crippen LogP contribution in [0.3, 0.4) is 0 Å². The Morgan fingerprint density at radius 1 is 1.06 bits per heavy atom. The number of aliphatic hydroxyl groups excluding tert-OH is 1. The van der Waals surface area contributed by atoms with E-state index in [1.54, 1.807) is 12.1 Å². The first-order chi connectivity index (χ1) is 16.1. The van der Waals surface area contributed by atoms with E-state index in [1.165, 1.54) is 17.7 Å². The maximum absolute atomic E-state index is 13.3. The second kappa shape index (κ2) is 11.7. The van der Waals surface area contributed by atoms with E-state index in [0.717, 1.165) is 24.8 Å². The predicted molar refractivity (Wildman–Crippen MR) is 123 cm³/mol. The molecular weight excluding hydrogens is 423 g/mol. The molecule has 2 N–H and O–H groups in total. The Balaban J connectivity index is 1.30. The van der Waals surface area contributed by atoms with Crippen molar-refractivity contribution in [2.75, 3.05) is 26.3 Å². The Morgan fingerprint density at radius 2 is 1.85 bits per heavy atom. The molecule has 2 fully saturated rings. The summed E-state index contributed by atoms with van der Waals surface area (Å²) in [6.07, 6.45) is 1.85. The zero-order valence-corrected chi connectivity index (χ0v) is 18.9. The van der Waals surface area contributed by atoms with Crippen molar-refractivity contribution in [3.05, 3.63) is 71.5 Å². The van der Waals surface area contributed by atoms with E-state index in [-0.39, 0.29) is 36.6 Å². The SMILES string of the molecule is O=C(C[C@@H]1CC[C@@H]2[C@H](COC[C@@H](O)CN2Cc2ccc(F)cc2)O1)NCCc1ccccc1. The van der Waals surface area contributed by atoms with Crippen LogP contribution >= 0.6 is 0 Å². The minimum absolute atomic E-state index is 0.000246. The molecule has 0 aliphatic carbocycles. The van der Waals surface area contributed by atoms with Gasteiger partial charge in [-0.1, -0.05) is 42.5 Å². The predicted octanol–water partition coefficient (Wildman–Crippen LogP) is 2.68. The molecule has 2 aliphatic heterocycles. The summed E-state index contributed by atoms with van der Waals surface area (Å²) < 4.78 is 25.3. The highest BCUT2D eigenvalue weighted by Crippen LogP contribution is 2.28. The van der Waals surface area contributed by atoms with Gasteiger partial charge < -0.3 is 19.9 Å². The molecule has 6 nitrogen and oxygen atoms in total. The van der Waals surface area contributed by atoms with Crippen LogP contribution in [-0.2, 0) is 27.2 Å². The van der Waals surface area contributed by atoms with Crippen LogP contribution in [0.1, 0.15) is 30.4 Å². The third kappa shape index (κ3) is 7.08. The highest BCUT2D eigenvalue weighted by atomic mass is 19.1. The lowest BCUT2D eigenvalue weighted by Crippen LogP contribution is -2.55. The molecule has 4 rings (SSSR count). The number of amides is 1. The van der Waals surface area contributed by atoms with E-state index in [9.17, 15) is 14.3 Å². The molecule has 4 atom stereocenters. The third-order valence-corrected chi connectivity index (χ3v) is 6.38. The summed E-state index contributed by atoms with van der Waals surface area (Å²) in [5.74, 6) is -0.261. The number of carbonyl (C=O) groups excluding carboxylic acids is 1. The summed E-state index contributed by atoms with van der Waals surface area (Å²) in [6.45, 7) is 2.30. The van der Waals surface area contributed by atoms with Crippen molar-refractivity contribution < 1.29 is 23.8 Å². The van der Waals surface area contributed by atoms with Crippen LogP contribution in [0.5, 0.6) is 0 Å². The summed E-state index contributed by atoms with van der Waals surface area (Å²) in [4.78, 5) is 14.7. The summed E-state index contributed by atoms with van der Waals surface area (Å²) in [5, 5.41) is 13.3. The average Bonchev–Trinajstić information content (AvgIpc) is 2.80. The molecular formula is C26H33FN2O4. The number of nitrogens with zero attached hydrogens (tertiary/aromatic N) is 1. The number of halogens is 1. The maximum Gasteiger partial charge on any atom is 0.222 e. The molecule has 7 heteroatoms. The molecule has 0 saturated carbocycles. The fraction of sp³-hybridized carbons (Fsp3) is 0.500. The van der Waals surface area contributed by atoms with Gasteiger partial charge in [-0.25, -0.2) is 4.39 Å². The quantitative estimate of drug-likeness (QED) is 0.671. The monoisotopic (exact) mass is 456 g/mol. The van der Waals surface area contributed by atoms with Gasteiger partial charge in [-0.2, -0.15) is 0 Å². The van der Waals surface area contributed by atoms with Gasteiger partial charge in [0.1, 0.15) is 5.82 Å². The van der Waals surface area contributed by atoms with Gasteiger partial charge in [0, 0.05) is 25.7 Å². The average molecular weight is 457 g/mol. The lowest BCUT2D eigenvalue weighted by atomic mass is 9.94. The molecule has 0 unspecified atom stereocenters. The Morgan fingerprint density at radius 3 is 2.64 bits per heavy atom. The van der Waals surface area contributed by atoms with Crippen LogP contribution in [0.4, 0.5) is 4.39 Å². The van der Waals surface area contributed by atoms with E-state index in [0.29, 0.717) is 32.7 Å². The van der Waals surface area contributed by atoms with Gasteiger partial charge in [-0.15, -0.1) is 0 Å². The third-order valence-electron chi connectivity index (χ3n) is 6.38. The van der Waals surface area contributed by atoms with Crippen molar-refractivity contribution in [1.29, 1.82) is 0 Å². The number of rotatable bonds is 7. The van der Waals surface area contributed by atoms with Crippen LogP contribution in [0.25, 0.3) is 0 Å². The molecule has 0 spiro atoms. The minimum atomic E-state index is -0.584. The summed E-state index contributed by atoms with van der Waals surface area (Å²) in [6, 6.07) is 16.6. The Kier molecular flexibility index (Phi) is 8.45. The zero-order valence-electron chi connectivity index (χ0n) is 18.9. The van der Waals surface area contributed by atoms with Gasteiger partial charge in [0.25, 0.3) is 0 Å². The van der Waals surface area contributed by atoms with Gasteiger partial charge in [0.05, 0.1) is 37.9 Å². The largest absolute Gasteiger partial charge is 0.389 e. The van der Waals surface area contributed by atoms with Crippen LogP contribution in [-0.4, -0.2) is 66.6 Å². The van der Waals surface area contributed by atoms with Crippen molar-refractivity contribution in [3.8, 4) is 0 Å². The number of nitrogens with one attached hydrogen (secondary N) is 1. The second-order valence-corrected chi connectivity index (χ2v) is 8.98. The van der Waals surface area contributed by atoms with Crippen molar-refractivity contribution >= 4 is 5.91 Å². The van der Waals surface area contributed by atoms with E-state index in [4.69, 9.17) is 9.47 Å². The first kappa shape index (κ1) is 23.8. The lowest BCUT2D eigenvalue weighted by Gasteiger charge is -2.44. The number of benzene rings is 2. The lowest BCUT2D eigenvalue weighted by molar-refractivity contribution is -0.158. The highest BCUT2D eigenvalue weighted by Gasteiger charge is 2.38. The maximum atomic E-state index is 13.3. The fourth-order valence-corrected chi connectivity index (χ4v) is 4.72. The minimum Gasteiger partial charge on any atom is -0.389 e. The Hall–Kier alpha value is -2.32. The topological polar surface area (TPSA) is 71.0 Å². The molecule has 2 heterocycles. The van der Waals surface area contributed by atoms with Gasteiger partial charge in [-0.3, -0.25) is 9.69 Å². The van der Waals surface area contributed by atoms with Crippen LogP contribution in [0.15, 0.2) is 54.6 Å². The van der Waals surface area contributed by atoms with E-state index < -0.39 is 6.10 Å².